The molecule has 30 rings (SSSR count). The van der Waals surface area contributed by atoms with Crippen LogP contribution in [0.15, 0.2) is 461 Å². The summed E-state index contributed by atoms with van der Waals surface area (Å²) in [6.07, 6.45) is 0. The predicted octanol–water partition coefficient (Wildman–Crippen LogP) is 32.1. The van der Waals surface area contributed by atoms with Crippen LogP contribution in [-0.4, -0.2) is 39.5 Å². The van der Waals surface area contributed by atoms with Gasteiger partial charge in [0.05, 0.1) is 21.9 Å². The number of fused-ring (bicyclic) bond motifs is 38. The molecule has 1 N–H and O–H groups in total. The molecule has 4 heterocycles. The number of rotatable bonds is 7. The largest absolute Gasteiger partial charge is 0.355 e. The Bertz CT molecular complexity index is 9260. The number of hydrogen-bond acceptors (Lipinski definition) is 6. The van der Waals surface area contributed by atoms with Crippen molar-refractivity contribution in [1.82, 2.24) is 39.5 Å². The van der Waals surface area contributed by atoms with Gasteiger partial charge in [0.15, 0.2) is 34.9 Å². The molecule has 4 aliphatic rings. The molecule has 0 unspecified atom stereocenters. The number of para-hydroxylation sites is 4. The third-order valence-corrected chi connectivity index (χ3v) is 29.4. The Kier molecular flexibility index (Phi) is 17.3. The van der Waals surface area contributed by atoms with Crippen LogP contribution in [0.25, 0.3) is 227 Å². The molecule has 0 fully saturated rings. The summed E-state index contributed by atoms with van der Waals surface area (Å²) in [6, 6.07) is 167. The van der Waals surface area contributed by atoms with E-state index in [2.05, 4.69) is 405 Å². The number of aromatic nitrogens is 8. The van der Waals surface area contributed by atoms with Crippen LogP contribution in [0.3, 0.4) is 0 Å². The molecule has 8 heteroatoms. The summed E-state index contributed by atoms with van der Waals surface area (Å²) in [5.41, 5.74) is 32.2. The van der Waals surface area contributed by atoms with Gasteiger partial charge in [0, 0.05) is 71.6 Å². The standard InChI is InChI=1S/C64H38N4.C53H33N3.C12H9N/c1-3-17-39(18-4-1)61-65-62(40-19-5-2-6-20-40)67-63(66-61)41-31-33-48-54-37-52-44-22-8-7-21-43(44)51-36-42(68-59-29-15-11-25-49(59)50-26-12-16-30-60(50)68)32-34-45(51)53(52)38-58(54)64(57(48)35-41)55-27-13-9-23-46(55)47-24-10-14-28-56(47)64;1-32-24-26-38-42(28-32)36-18-8-9-19-37(36)43-30-45-41-27-25-35(52-55-50(33-14-4-2-5-15-33)54-51(56-52)34-16-6-3-7-17-34)29-48(41)53(49(45)31-44(38)43)46-22-12-10-20-39(46)40-21-11-13-23-47(40)53;1-3-7-11-9(5-1)10-6-2-4-8-12(10)13-11/h1-38H;2-31H,1H3;1-8,13H. The number of hydrogen-bond donors (Lipinski definition) is 1. The Labute approximate surface area is 789 Å². The highest BCUT2D eigenvalue weighted by molar-refractivity contribution is 6.29. The average molecular weight is 1740 g/mol. The van der Waals surface area contributed by atoms with Crippen LogP contribution in [0.5, 0.6) is 0 Å². The lowest BCUT2D eigenvalue weighted by Gasteiger charge is -2.31. The fourth-order valence-corrected chi connectivity index (χ4v) is 23.6. The number of benzene rings is 22. The smallest absolute Gasteiger partial charge is 0.164 e. The molecule has 8 nitrogen and oxygen atoms in total. The van der Waals surface area contributed by atoms with E-state index in [1.807, 2.05) is 72.8 Å². The number of nitrogens with one attached hydrogen (secondary N) is 1. The summed E-state index contributed by atoms with van der Waals surface area (Å²) in [7, 11) is 0. The van der Waals surface area contributed by atoms with E-state index in [1.54, 1.807) is 0 Å². The Morgan fingerprint density at radius 3 is 0.825 bits per heavy atom. The third-order valence-electron chi connectivity index (χ3n) is 29.4. The summed E-state index contributed by atoms with van der Waals surface area (Å²) in [5.74, 6) is 3.91. The monoisotopic (exact) mass is 1740 g/mol. The quantitative estimate of drug-likeness (QED) is 0.160. The van der Waals surface area contributed by atoms with Gasteiger partial charge in [-0.2, -0.15) is 0 Å². The van der Waals surface area contributed by atoms with E-state index in [0.717, 1.165) is 39.1 Å². The first-order valence-corrected chi connectivity index (χ1v) is 47.0. The molecule has 636 valence electrons. The first-order valence-electron chi connectivity index (χ1n) is 47.0. The van der Waals surface area contributed by atoms with Crippen LogP contribution in [0.1, 0.15) is 50.1 Å². The van der Waals surface area contributed by atoms with E-state index in [1.165, 1.54) is 203 Å². The van der Waals surface area contributed by atoms with E-state index < -0.39 is 10.8 Å². The van der Waals surface area contributed by atoms with Gasteiger partial charge in [-0.1, -0.05) is 394 Å². The molecular formula is C129H80N8. The lowest BCUT2D eigenvalue weighted by Crippen LogP contribution is -2.26. The summed E-state index contributed by atoms with van der Waals surface area (Å²) < 4.78 is 2.43. The average Bonchev–Trinajstić information content (AvgIpc) is 1.50. The van der Waals surface area contributed by atoms with Gasteiger partial charge in [0.2, 0.25) is 0 Å². The first-order chi connectivity index (χ1) is 67.8. The SMILES string of the molecule is Cc1ccc2c(c1)c1ccccc1c1cc3c(cc21)C1(c2ccccc2-c2ccccc21)c1cc(-c2nc(-c4ccccc4)nc(-c4ccccc4)n2)ccc1-3.c1ccc(-c2nc(-c3ccccc3)nc(-c3ccc4c(c3)C3(c5ccccc5-c5ccccc53)c3cc5c6ccc(-n7c8ccccc8c8ccccc87)cc6c6ccccc6c5cc3-4)n2)cc1.c1ccc2c(c1)[nH]c1ccccc12. The highest BCUT2D eigenvalue weighted by Gasteiger charge is 2.54. The van der Waals surface area contributed by atoms with E-state index in [0.29, 0.717) is 34.9 Å². The number of aryl methyl sites for hydroxylation is 1. The van der Waals surface area contributed by atoms with Gasteiger partial charge in [-0.05, 0) is 233 Å². The fraction of sp³-hybridized carbons (Fsp3) is 0.0233. The van der Waals surface area contributed by atoms with Crippen molar-refractivity contribution in [1.29, 1.82) is 0 Å². The summed E-state index contributed by atoms with van der Waals surface area (Å²) in [4.78, 5) is 34.2. The topological polar surface area (TPSA) is 98.1 Å². The molecule has 4 aliphatic carbocycles. The molecule has 22 aromatic carbocycles. The van der Waals surface area contributed by atoms with Crippen molar-refractivity contribution in [3.63, 3.8) is 0 Å². The number of aromatic amines is 1. The van der Waals surface area contributed by atoms with Crippen LogP contribution in [0.4, 0.5) is 0 Å². The zero-order valence-corrected chi connectivity index (χ0v) is 74.5. The second kappa shape index (κ2) is 30.5. The highest BCUT2D eigenvalue weighted by Crippen LogP contribution is 2.67. The Morgan fingerprint density at radius 1 is 0.175 bits per heavy atom. The Hall–Kier alpha value is -18.0. The third kappa shape index (κ3) is 11.7. The molecule has 0 saturated heterocycles. The molecule has 0 bridgehead atoms. The molecule has 0 radical (unpaired) electrons. The predicted molar refractivity (Wildman–Crippen MR) is 565 cm³/mol. The molecule has 2 spiro atoms. The molecular weight excluding hydrogens is 1660 g/mol. The number of H-pyrrole nitrogens is 1. The van der Waals surface area contributed by atoms with Gasteiger partial charge in [-0.25, -0.2) is 29.9 Å². The second-order valence-electron chi connectivity index (χ2n) is 36.6. The van der Waals surface area contributed by atoms with E-state index in [9.17, 15) is 0 Å². The van der Waals surface area contributed by atoms with E-state index in [4.69, 9.17) is 29.9 Å². The fourth-order valence-electron chi connectivity index (χ4n) is 23.6. The summed E-state index contributed by atoms with van der Waals surface area (Å²) >= 11 is 0. The van der Waals surface area contributed by atoms with Crippen molar-refractivity contribution in [2.75, 3.05) is 0 Å². The van der Waals surface area contributed by atoms with Crippen molar-refractivity contribution < 1.29 is 0 Å². The molecule has 26 aromatic rings. The van der Waals surface area contributed by atoms with Crippen LogP contribution >= 0.6 is 0 Å². The lowest BCUT2D eigenvalue weighted by atomic mass is 9.70. The molecule has 4 aromatic heterocycles. The first kappa shape index (κ1) is 77.8. The van der Waals surface area contributed by atoms with Gasteiger partial charge < -0.3 is 9.55 Å². The van der Waals surface area contributed by atoms with Crippen molar-refractivity contribution in [2.45, 2.75) is 17.8 Å². The number of nitrogens with zero attached hydrogens (tertiary/aromatic N) is 7. The van der Waals surface area contributed by atoms with Gasteiger partial charge >= 0.3 is 0 Å². The summed E-state index contributed by atoms with van der Waals surface area (Å²) in [6.45, 7) is 2.19. The van der Waals surface area contributed by atoms with Gasteiger partial charge in [0.25, 0.3) is 0 Å². The molecule has 0 amide bonds. The van der Waals surface area contributed by atoms with Crippen molar-refractivity contribution >= 4 is 108 Å². The highest BCUT2D eigenvalue weighted by atomic mass is 15.0. The van der Waals surface area contributed by atoms with Gasteiger partial charge in [-0.15, -0.1) is 0 Å². The van der Waals surface area contributed by atoms with Gasteiger partial charge in [-0.3, -0.25) is 0 Å². The maximum Gasteiger partial charge on any atom is 0.164 e. The van der Waals surface area contributed by atoms with E-state index >= 15 is 0 Å². The molecule has 0 aliphatic heterocycles. The maximum atomic E-state index is 5.23. The van der Waals surface area contributed by atoms with Crippen LogP contribution < -0.4 is 0 Å². The van der Waals surface area contributed by atoms with Crippen molar-refractivity contribution in [3.8, 4) is 119 Å². The minimum atomic E-state index is -0.597. The van der Waals surface area contributed by atoms with Crippen LogP contribution in [0, 0.1) is 6.92 Å². The van der Waals surface area contributed by atoms with Crippen LogP contribution in [-0.2, 0) is 10.8 Å². The lowest BCUT2D eigenvalue weighted by molar-refractivity contribution is 0.795. The molecule has 0 saturated carbocycles. The Balaban J connectivity index is 0.000000121. The van der Waals surface area contributed by atoms with Crippen molar-refractivity contribution in [2.24, 2.45) is 0 Å². The summed E-state index contributed by atoms with van der Waals surface area (Å²) in [5, 5.41) is 20.3. The van der Waals surface area contributed by atoms with Crippen LogP contribution in [0.2, 0.25) is 0 Å². The minimum Gasteiger partial charge on any atom is -0.355 e. The minimum absolute atomic E-state index is 0.539. The maximum absolute atomic E-state index is 5.23. The second-order valence-corrected chi connectivity index (χ2v) is 36.6. The Morgan fingerprint density at radius 2 is 0.445 bits per heavy atom. The van der Waals surface area contributed by atoms with E-state index in [-0.39, 0.29) is 0 Å². The molecule has 0 atom stereocenters. The zero-order valence-electron chi connectivity index (χ0n) is 74.5. The zero-order chi connectivity index (χ0) is 90.1. The van der Waals surface area contributed by atoms with Gasteiger partial charge in [0.1, 0.15) is 0 Å². The van der Waals surface area contributed by atoms with Crippen molar-refractivity contribution in [3.05, 3.63) is 511 Å². The normalized spacial score (nSPS) is 13.0. The molecule has 137 heavy (non-hydrogen) atoms.